The lowest BCUT2D eigenvalue weighted by Crippen LogP contribution is -2.57. The Labute approximate surface area is 286 Å². The molecule has 7 atom stereocenters. The second kappa shape index (κ2) is 13.9. The Bertz CT molecular complexity index is 1910. The third kappa shape index (κ3) is 6.19. The first-order chi connectivity index (χ1) is 23.0. The number of aryl methyl sites for hydroxylation is 3. The minimum Gasteiger partial charge on any atom is -0.394 e. The number of hydrogen-bond acceptors (Lipinski definition) is 8. The molecule has 3 aliphatic heterocycles. The average molecular weight is 673 g/mol. The van der Waals surface area contributed by atoms with Crippen molar-refractivity contribution in [3.05, 3.63) is 75.4 Å². The Kier molecular flexibility index (Phi) is 10.0. The molecule has 3 aromatic rings. The van der Waals surface area contributed by atoms with Gasteiger partial charge in [-0.15, -0.1) is 11.8 Å². The molecule has 10 heteroatoms. The summed E-state index contributed by atoms with van der Waals surface area (Å²) in [6.07, 6.45) is 1.78. The molecule has 0 unspecified atom stereocenters. The van der Waals surface area contributed by atoms with Crippen molar-refractivity contribution in [1.82, 2.24) is 19.9 Å². The van der Waals surface area contributed by atoms with Crippen LogP contribution in [0.5, 0.6) is 0 Å². The van der Waals surface area contributed by atoms with E-state index in [9.17, 15) is 20.4 Å². The lowest BCUT2D eigenvalue weighted by molar-refractivity contribution is -0.205. The van der Waals surface area contributed by atoms with Crippen LogP contribution < -0.4 is 0 Å². The number of fused-ring (bicyclic) bond motifs is 8. The van der Waals surface area contributed by atoms with Crippen molar-refractivity contribution in [3.63, 3.8) is 0 Å². The van der Waals surface area contributed by atoms with Gasteiger partial charge in [0.1, 0.15) is 29.9 Å². The number of aliphatic hydroxyl groups excluding tert-OH is 4. The Hall–Kier alpha value is -3.25. The summed E-state index contributed by atoms with van der Waals surface area (Å²) in [5.74, 6) is 0.956. The zero-order chi connectivity index (χ0) is 34.4. The zero-order valence-electron chi connectivity index (χ0n) is 28.7. The molecule has 0 aliphatic carbocycles. The number of allylic oxidation sites excluding steroid dienone is 1. The number of rotatable bonds is 8. The third-order valence-electron chi connectivity index (χ3n) is 10.5. The van der Waals surface area contributed by atoms with Gasteiger partial charge in [0.05, 0.1) is 18.0 Å². The molecule has 3 aliphatic rings. The van der Waals surface area contributed by atoms with E-state index >= 15 is 0 Å². The van der Waals surface area contributed by atoms with E-state index in [2.05, 4.69) is 82.4 Å². The highest BCUT2D eigenvalue weighted by molar-refractivity contribution is 7.99. The summed E-state index contributed by atoms with van der Waals surface area (Å²) in [6.45, 7) is 16.6. The van der Waals surface area contributed by atoms with Crippen molar-refractivity contribution < 1.29 is 25.2 Å². The standard InChI is InChI=1S/C38H48N4O5S/c1-8-23-20(5)29-16-32-24(9-2)19(4)28(40-32)15-30-21(6)25(11-10-12-48-38-37(46)36(45)35(44)33(17-43)47-38)34(42-30)22(7)27-13-18(3)26(39-27)14-31(23)41-29/h9,13-16,21,25,33,35-38,40-41,43-46H,2,8,10-12,17H2,1,3-7H3/t21-,25-,33+,35+,36-,37+,38-/m0/s1. The molecule has 6 rings (SSSR count). The van der Waals surface area contributed by atoms with Crippen molar-refractivity contribution in [1.29, 1.82) is 0 Å². The van der Waals surface area contributed by atoms with Crippen molar-refractivity contribution >= 4 is 51.6 Å². The van der Waals surface area contributed by atoms with E-state index in [1.165, 1.54) is 22.9 Å². The maximum absolute atomic E-state index is 10.5. The largest absolute Gasteiger partial charge is 0.394 e. The Morgan fingerprint density at radius 2 is 1.65 bits per heavy atom. The molecule has 0 amide bonds. The number of H-pyrrole nitrogens is 2. The first-order valence-corrected chi connectivity index (χ1v) is 18.0. The van der Waals surface area contributed by atoms with Gasteiger partial charge in [-0.2, -0.15) is 0 Å². The molecule has 1 saturated heterocycles. The first-order valence-electron chi connectivity index (χ1n) is 16.9. The van der Waals surface area contributed by atoms with Gasteiger partial charge < -0.3 is 35.1 Å². The van der Waals surface area contributed by atoms with Crippen LogP contribution in [0, 0.1) is 20.8 Å². The molecular weight excluding hydrogens is 625 g/mol. The van der Waals surface area contributed by atoms with E-state index in [4.69, 9.17) is 14.7 Å². The number of ether oxygens (including phenoxy) is 1. The van der Waals surface area contributed by atoms with Crippen molar-refractivity contribution in [3.8, 4) is 0 Å². The molecule has 0 radical (unpaired) electrons. The van der Waals surface area contributed by atoms with Crippen molar-refractivity contribution in [2.45, 2.75) is 102 Å². The predicted octanol–water partition coefficient (Wildman–Crippen LogP) is 6.21. The van der Waals surface area contributed by atoms with Crippen LogP contribution in [0.3, 0.4) is 0 Å². The summed E-state index contributed by atoms with van der Waals surface area (Å²) in [5.41, 5.74) is 14.2. The van der Waals surface area contributed by atoms with Crippen molar-refractivity contribution in [2.75, 3.05) is 12.4 Å². The number of hydrogen-bond donors (Lipinski definition) is 6. The van der Waals surface area contributed by atoms with Crippen LogP contribution in [-0.4, -0.2) is 82.6 Å². The van der Waals surface area contributed by atoms with Gasteiger partial charge in [0.25, 0.3) is 0 Å². The topological polar surface area (TPSA) is 148 Å². The van der Waals surface area contributed by atoms with Gasteiger partial charge in [-0.3, -0.25) is 4.98 Å². The monoisotopic (exact) mass is 672 g/mol. The summed E-state index contributed by atoms with van der Waals surface area (Å²) in [4.78, 5) is 17.8. The second-order valence-corrected chi connectivity index (χ2v) is 14.6. The fourth-order valence-electron chi connectivity index (χ4n) is 7.39. The summed E-state index contributed by atoms with van der Waals surface area (Å²) in [7, 11) is 0. The lowest BCUT2D eigenvalue weighted by Gasteiger charge is -2.39. The zero-order valence-corrected chi connectivity index (χ0v) is 29.5. The fraction of sp³-hybridized carbons (Fsp3) is 0.474. The van der Waals surface area contributed by atoms with Gasteiger partial charge in [0, 0.05) is 50.9 Å². The lowest BCUT2D eigenvalue weighted by atomic mass is 9.86. The predicted molar refractivity (Wildman–Crippen MR) is 195 cm³/mol. The second-order valence-electron chi connectivity index (χ2n) is 13.4. The molecule has 3 aromatic heterocycles. The normalized spacial score (nSPS) is 25.7. The van der Waals surface area contributed by atoms with Crippen LogP contribution in [0.1, 0.15) is 96.0 Å². The van der Waals surface area contributed by atoms with Gasteiger partial charge in [0.15, 0.2) is 0 Å². The highest BCUT2D eigenvalue weighted by atomic mass is 32.2. The number of aromatic nitrogens is 4. The van der Waals surface area contributed by atoms with E-state index in [1.807, 2.05) is 6.08 Å². The van der Waals surface area contributed by atoms with Crippen LogP contribution in [-0.2, 0) is 11.2 Å². The Balaban J connectivity index is 1.42. The molecule has 256 valence electrons. The smallest absolute Gasteiger partial charge is 0.132 e. The van der Waals surface area contributed by atoms with E-state index in [0.717, 1.165) is 86.4 Å². The third-order valence-corrected chi connectivity index (χ3v) is 11.7. The minimum atomic E-state index is -1.37. The molecule has 0 saturated carbocycles. The van der Waals surface area contributed by atoms with Gasteiger partial charge in [-0.05, 0) is 105 Å². The number of thioether (sulfide) groups is 1. The molecule has 0 spiro atoms. The molecule has 8 bridgehead atoms. The van der Waals surface area contributed by atoms with Gasteiger partial charge in [0.2, 0.25) is 0 Å². The summed E-state index contributed by atoms with van der Waals surface area (Å²) in [5, 5.41) is 40.5. The Morgan fingerprint density at radius 1 is 0.917 bits per heavy atom. The SMILES string of the molecule is C=Cc1c(C)c2cc3nc(c(C)c4nc(cc5[nH]c(cc1[nH]2)c(C)c5CC)C(C)=C4)[C@@H](CCCS[C@@H]1O[C@H](CO)[C@@H](O)[C@H](O)[C@H]1O)[C@@H]3C. The first kappa shape index (κ1) is 34.6. The summed E-state index contributed by atoms with van der Waals surface area (Å²) in [6, 6.07) is 6.53. The number of nitrogens with zero attached hydrogens (tertiary/aromatic N) is 2. The Morgan fingerprint density at radius 3 is 2.35 bits per heavy atom. The van der Waals surface area contributed by atoms with Gasteiger partial charge in [-0.25, -0.2) is 4.98 Å². The average Bonchev–Trinajstić information content (AvgIpc) is 3.77. The number of aromatic amines is 2. The summed E-state index contributed by atoms with van der Waals surface area (Å²) >= 11 is 1.40. The highest BCUT2D eigenvalue weighted by Gasteiger charge is 2.43. The quantitative estimate of drug-likeness (QED) is 0.155. The van der Waals surface area contributed by atoms with E-state index in [0.29, 0.717) is 5.75 Å². The van der Waals surface area contributed by atoms with E-state index in [-0.39, 0.29) is 11.8 Å². The van der Waals surface area contributed by atoms with Crippen LogP contribution in [0.4, 0.5) is 0 Å². The maximum atomic E-state index is 10.5. The van der Waals surface area contributed by atoms with Crippen LogP contribution in [0.25, 0.3) is 39.8 Å². The van der Waals surface area contributed by atoms with Crippen LogP contribution in [0.15, 0.2) is 24.8 Å². The van der Waals surface area contributed by atoms with E-state index < -0.39 is 36.5 Å². The van der Waals surface area contributed by atoms with Gasteiger partial charge >= 0.3 is 0 Å². The summed E-state index contributed by atoms with van der Waals surface area (Å²) < 4.78 is 5.72. The molecule has 0 aromatic carbocycles. The molecule has 9 nitrogen and oxygen atoms in total. The number of aliphatic hydroxyl groups is 4. The van der Waals surface area contributed by atoms with E-state index in [1.54, 1.807) is 0 Å². The molecule has 6 heterocycles. The molecular formula is C38H48N4O5S. The van der Waals surface area contributed by atoms with Gasteiger partial charge in [-0.1, -0.05) is 26.5 Å². The van der Waals surface area contributed by atoms with Crippen LogP contribution >= 0.6 is 11.8 Å². The molecule has 6 N–H and O–H groups in total. The van der Waals surface area contributed by atoms with Crippen LogP contribution in [0.2, 0.25) is 0 Å². The molecule has 48 heavy (non-hydrogen) atoms. The number of nitrogens with one attached hydrogen (secondary N) is 2. The fourth-order valence-corrected chi connectivity index (χ4v) is 8.54. The maximum Gasteiger partial charge on any atom is 0.132 e. The highest BCUT2D eigenvalue weighted by Crippen LogP contribution is 2.42. The molecule has 1 fully saturated rings. The minimum absolute atomic E-state index is 0.145. The van der Waals surface area contributed by atoms with Crippen molar-refractivity contribution in [2.24, 2.45) is 0 Å².